The van der Waals surface area contributed by atoms with Crippen LogP contribution >= 0.6 is 0 Å². The second kappa shape index (κ2) is 3.71. The van der Waals surface area contributed by atoms with E-state index in [1.807, 2.05) is 6.08 Å². The van der Waals surface area contributed by atoms with E-state index in [2.05, 4.69) is 20.8 Å². The van der Waals surface area contributed by atoms with Crippen LogP contribution in [0.25, 0.3) is 0 Å². The zero-order valence-electron chi connectivity index (χ0n) is 12.3. The number of hydrogen-bond acceptors (Lipinski definition) is 1. The Labute approximate surface area is 111 Å². The molecule has 2 bridgehead atoms. The highest BCUT2D eigenvalue weighted by Gasteiger charge is 2.63. The smallest absolute Gasteiger partial charge is 0.152 e. The van der Waals surface area contributed by atoms with Gasteiger partial charge in [-0.25, -0.2) is 0 Å². The number of allylic oxidation sites excluding steroid dienone is 2. The first-order valence-electron chi connectivity index (χ1n) is 7.59. The van der Waals surface area contributed by atoms with Gasteiger partial charge in [0.2, 0.25) is 0 Å². The minimum Gasteiger partial charge on any atom is -0.295 e. The summed E-state index contributed by atoms with van der Waals surface area (Å²) in [6.45, 7) is 9.12. The lowest BCUT2D eigenvalue weighted by Crippen LogP contribution is -2.28. The quantitative estimate of drug-likeness (QED) is 0.628. The minimum absolute atomic E-state index is 0.250. The third-order valence-corrected chi connectivity index (χ3v) is 6.56. The first-order valence-corrected chi connectivity index (χ1v) is 7.59. The highest BCUT2D eigenvalue weighted by atomic mass is 16.1. The Kier molecular flexibility index (Phi) is 2.56. The summed E-state index contributed by atoms with van der Waals surface area (Å²) in [5, 5.41) is 0. The summed E-state index contributed by atoms with van der Waals surface area (Å²) in [5.41, 5.74) is 2.39. The highest BCUT2D eigenvalue weighted by Crippen LogP contribution is 2.72. The third-order valence-electron chi connectivity index (χ3n) is 6.56. The molecule has 1 spiro atoms. The van der Waals surface area contributed by atoms with E-state index in [0.29, 0.717) is 10.8 Å². The minimum atomic E-state index is 0.250. The van der Waals surface area contributed by atoms with Gasteiger partial charge in [-0.15, -0.1) is 0 Å². The molecule has 0 unspecified atom stereocenters. The Morgan fingerprint density at radius 2 is 2.06 bits per heavy atom. The van der Waals surface area contributed by atoms with Gasteiger partial charge in [0, 0.05) is 0 Å². The molecular weight excluding hydrogens is 220 g/mol. The monoisotopic (exact) mass is 246 g/mol. The molecule has 0 saturated heterocycles. The van der Waals surface area contributed by atoms with Gasteiger partial charge in [-0.05, 0) is 73.7 Å². The summed E-state index contributed by atoms with van der Waals surface area (Å²) in [4.78, 5) is 11.5. The van der Waals surface area contributed by atoms with Crippen molar-refractivity contribution in [1.82, 2.24) is 0 Å². The summed E-state index contributed by atoms with van der Waals surface area (Å²) >= 11 is 0. The van der Waals surface area contributed by atoms with Crippen molar-refractivity contribution in [1.29, 1.82) is 0 Å². The maximum Gasteiger partial charge on any atom is 0.152 e. The van der Waals surface area contributed by atoms with Crippen LogP contribution in [-0.4, -0.2) is 5.78 Å². The SMILES string of the molecule is CC(=O)/C=C1/CC[C@H]2C(C)(C)[C@@H]3C[C@]12CC[C@H]3C. The molecule has 18 heavy (non-hydrogen) atoms. The third kappa shape index (κ3) is 1.42. The van der Waals surface area contributed by atoms with Crippen LogP contribution in [0.5, 0.6) is 0 Å². The Morgan fingerprint density at radius 1 is 1.33 bits per heavy atom. The first kappa shape index (κ1) is 12.4. The standard InChI is InChI=1S/C17H26O/c1-11-7-8-17-10-14(11)16(3,4)15(17)6-5-13(17)9-12(2)18/h9,11,14-15H,5-8,10H2,1-4H3/b13-9-/t11-,14-,15+,17-/m1/s1. The van der Waals surface area contributed by atoms with Gasteiger partial charge in [0.1, 0.15) is 0 Å². The number of hydrogen-bond donors (Lipinski definition) is 0. The molecule has 4 atom stereocenters. The second-order valence-corrected chi connectivity index (χ2v) is 7.68. The zero-order valence-corrected chi connectivity index (χ0v) is 12.3. The Hall–Kier alpha value is -0.590. The van der Waals surface area contributed by atoms with E-state index >= 15 is 0 Å². The van der Waals surface area contributed by atoms with Crippen LogP contribution in [0.15, 0.2) is 11.6 Å². The number of carbonyl (C=O) groups is 1. The van der Waals surface area contributed by atoms with E-state index < -0.39 is 0 Å². The molecule has 100 valence electrons. The van der Waals surface area contributed by atoms with E-state index in [1.54, 1.807) is 6.92 Å². The lowest BCUT2D eigenvalue weighted by Gasteiger charge is -2.37. The molecule has 0 heterocycles. The molecule has 0 aliphatic heterocycles. The molecule has 0 radical (unpaired) electrons. The van der Waals surface area contributed by atoms with Crippen LogP contribution in [0.2, 0.25) is 0 Å². The lowest BCUT2D eigenvalue weighted by molar-refractivity contribution is -0.112. The van der Waals surface area contributed by atoms with Crippen LogP contribution in [0.4, 0.5) is 0 Å². The van der Waals surface area contributed by atoms with Gasteiger partial charge in [0.05, 0.1) is 0 Å². The van der Waals surface area contributed by atoms with Crippen molar-refractivity contribution in [2.75, 3.05) is 0 Å². The fraction of sp³-hybridized carbons (Fsp3) is 0.824. The molecule has 3 saturated carbocycles. The van der Waals surface area contributed by atoms with Crippen LogP contribution in [0.3, 0.4) is 0 Å². The number of rotatable bonds is 1. The topological polar surface area (TPSA) is 17.1 Å². The summed E-state index contributed by atoms with van der Waals surface area (Å²) in [6.07, 6.45) is 8.52. The van der Waals surface area contributed by atoms with Crippen LogP contribution in [0.1, 0.15) is 59.8 Å². The second-order valence-electron chi connectivity index (χ2n) is 7.68. The van der Waals surface area contributed by atoms with Gasteiger partial charge in [0.15, 0.2) is 5.78 Å². The summed E-state index contributed by atoms with van der Waals surface area (Å²) in [6, 6.07) is 0. The van der Waals surface area contributed by atoms with Crippen LogP contribution in [-0.2, 0) is 4.79 Å². The maximum atomic E-state index is 11.5. The molecule has 3 aliphatic carbocycles. The van der Waals surface area contributed by atoms with Gasteiger partial charge in [-0.2, -0.15) is 0 Å². The Bertz CT molecular complexity index is 417. The molecule has 0 N–H and O–H groups in total. The van der Waals surface area contributed by atoms with Crippen molar-refractivity contribution in [2.45, 2.75) is 59.8 Å². The Balaban J connectivity index is 2.05. The van der Waals surface area contributed by atoms with Gasteiger partial charge in [0.25, 0.3) is 0 Å². The average molecular weight is 246 g/mol. The molecule has 0 aromatic heterocycles. The molecule has 1 nitrogen and oxygen atoms in total. The summed E-state index contributed by atoms with van der Waals surface area (Å²) in [7, 11) is 0. The molecule has 3 fully saturated rings. The van der Waals surface area contributed by atoms with Crippen molar-refractivity contribution in [2.24, 2.45) is 28.6 Å². The summed E-state index contributed by atoms with van der Waals surface area (Å²) < 4.78 is 0. The molecule has 1 heteroatoms. The molecule has 0 aromatic carbocycles. The van der Waals surface area contributed by atoms with E-state index in [0.717, 1.165) is 17.8 Å². The van der Waals surface area contributed by atoms with E-state index in [-0.39, 0.29) is 5.78 Å². The summed E-state index contributed by atoms with van der Waals surface area (Å²) in [5.74, 6) is 2.81. The van der Waals surface area contributed by atoms with Crippen molar-refractivity contribution in [3.05, 3.63) is 11.6 Å². The highest BCUT2D eigenvalue weighted by molar-refractivity contribution is 5.88. The normalized spacial score (nSPS) is 47.3. The zero-order chi connectivity index (χ0) is 13.1. The molecule has 0 aromatic rings. The molecule has 3 rings (SSSR count). The fourth-order valence-electron chi connectivity index (χ4n) is 5.84. The number of carbonyl (C=O) groups excluding carboxylic acids is 1. The fourth-order valence-corrected chi connectivity index (χ4v) is 5.84. The molecule has 0 amide bonds. The van der Waals surface area contributed by atoms with E-state index in [1.165, 1.54) is 37.7 Å². The van der Waals surface area contributed by atoms with Crippen molar-refractivity contribution in [3.8, 4) is 0 Å². The van der Waals surface area contributed by atoms with Crippen LogP contribution < -0.4 is 0 Å². The van der Waals surface area contributed by atoms with Gasteiger partial charge in [-0.1, -0.05) is 26.3 Å². The molecular formula is C17H26O. The predicted octanol–water partition coefficient (Wildman–Crippen LogP) is 4.37. The lowest BCUT2D eigenvalue weighted by atomic mass is 9.67. The average Bonchev–Trinajstić information content (AvgIpc) is 2.69. The number of ketones is 1. The van der Waals surface area contributed by atoms with Crippen molar-refractivity contribution in [3.63, 3.8) is 0 Å². The number of fused-ring (bicyclic) bond motifs is 1. The van der Waals surface area contributed by atoms with Gasteiger partial charge in [-0.3, -0.25) is 4.79 Å². The maximum absolute atomic E-state index is 11.5. The van der Waals surface area contributed by atoms with E-state index in [9.17, 15) is 4.79 Å². The van der Waals surface area contributed by atoms with Gasteiger partial charge >= 0.3 is 0 Å². The predicted molar refractivity (Wildman–Crippen MR) is 74.2 cm³/mol. The van der Waals surface area contributed by atoms with Crippen LogP contribution in [0, 0.1) is 28.6 Å². The Morgan fingerprint density at radius 3 is 2.72 bits per heavy atom. The molecule has 3 aliphatic rings. The van der Waals surface area contributed by atoms with Crippen molar-refractivity contribution >= 4 is 5.78 Å². The largest absolute Gasteiger partial charge is 0.295 e. The van der Waals surface area contributed by atoms with Gasteiger partial charge < -0.3 is 0 Å². The van der Waals surface area contributed by atoms with Crippen molar-refractivity contribution < 1.29 is 4.79 Å². The van der Waals surface area contributed by atoms with E-state index in [4.69, 9.17) is 0 Å². The first-order chi connectivity index (χ1) is 8.38.